The van der Waals surface area contributed by atoms with Crippen LogP contribution in [0.2, 0.25) is 0 Å². The van der Waals surface area contributed by atoms with Crippen molar-refractivity contribution < 1.29 is 14.7 Å². The van der Waals surface area contributed by atoms with Crippen LogP contribution in [0.4, 0.5) is 5.69 Å². The topological polar surface area (TPSA) is 83.6 Å². The molecule has 1 aromatic rings. The maximum Gasteiger partial charge on any atom is 0.312 e. The van der Waals surface area contributed by atoms with E-state index in [1.54, 1.807) is 24.3 Å². The molecule has 0 fully saturated rings. The van der Waals surface area contributed by atoms with E-state index in [0.29, 0.717) is 17.7 Å². The Morgan fingerprint density at radius 2 is 2.16 bits per heavy atom. The molecule has 1 aliphatic heterocycles. The lowest BCUT2D eigenvalue weighted by Gasteiger charge is -2.21. The highest BCUT2D eigenvalue weighted by Crippen LogP contribution is 2.36. The Balaban J connectivity index is 2.30. The van der Waals surface area contributed by atoms with E-state index in [0.717, 1.165) is 6.42 Å². The Kier molecular flexibility index (Phi) is 3.85. The van der Waals surface area contributed by atoms with Gasteiger partial charge in [0.25, 0.3) is 0 Å². The van der Waals surface area contributed by atoms with Crippen molar-refractivity contribution in [3.8, 4) is 0 Å². The Hall–Kier alpha value is -1.88. The van der Waals surface area contributed by atoms with E-state index in [1.807, 2.05) is 6.92 Å². The van der Waals surface area contributed by atoms with Crippen LogP contribution in [-0.4, -0.2) is 29.6 Å². The van der Waals surface area contributed by atoms with Crippen LogP contribution in [-0.2, 0) is 9.59 Å². The predicted molar refractivity (Wildman–Crippen MR) is 72.1 cm³/mol. The van der Waals surface area contributed by atoms with E-state index in [-0.39, 0.29) is 12.5 Å². The van der Waals surface area contributed by atoms with Crippen molar-refractivity contribution in [1.82, 2.24) is 0 Å². The Labute approximate surface area is 112 Å². The van der Waals surface area contributed by atoms with Crippen LogP contribution < -0.4 is 10.6 Å². The highest BCUT2D eigenvalue weighted by atomic mass is 16.4. The molecule has 0 aromatic heterocycles. The van der Waals surface area contributed by atoms with Gasteiger partial charge in [-0.3, -0.25) is 9.59 Å². The van der Waals surface area contributed by atoms with Crippen molar-refractivity contribution >= 4 is 17.6 Å². The van der Waals surface area contributed by atoms with Crippen molar-refractivity contribution in [2.24, 2.45) is 5.73 Å². The molecule has 1 amide bonds. The normalized spacial score (nSPS) is 19.1. The van der Waals surface area contributed by atoms with Gasteiger partial charge < -0.3 is 15.7 Å². The van der Waals surface area contributed by atoms with E-state index in [1.165, 1.54) is 4.90 Å². The summed E-state index contributed by atoms with van der Waals surface area (Å²) in [5.41, 5.74) is 7.21. The van der Waals surface area contributed by atoms with Crippen molar-refractivity contribution in [3.05, 3.63) is 29.8 Å². The number of hydrogen-bond donors (Lipinski definition) is 2. The van der Waals surface area contributed by atoms with Gasteiger partial charge >= 0.3 is 5.97 Å². The molecule has 0 radical (unpaired) electrons. The molecule has 0 aliphatic carbocycles. The number of carbonyl (C=O) groups is 2. The van der Waals surface area contributed by atoms with Crippen LogP contribution in [0.5, 0.6) is 0 Å². The van der Waals surface area contributed by atoms with Gasteiger partial charge in [0, 0.05) is 12.2 Å². The highest BCUT2D eigenvalue weighted by molar-refractivity contribution is 6.01. The second kappa shape index (κ2) is 5.40. The lowest BCUT2D eigenvalue weighted by atomic mass is 10.0. The third-order valence-corrected chi connectivity index (χ3v) is 3.45. The molecular formula is C14H18N2O3. The number of para-hydroxylation sites is 1. The van der Waals surface area contributed by atoms with Gasteiger partial charge in [0.1, 0.15) is 5.92 Å². The molecule has 0 saturated carbocycles. The first-order valence-corrected chi connectivity index (χ1v) is 6.45. The number of fused-ring (bicyclic) bond motifs is 1. The fraction of sp³-hybridized carbons (Fsp3) is 0.429. The maximum absolute atomic E-state index is 12.3. The van der Waals surface area contributed by atoms with E-state index in [2.05, 4.69) is 0 Å². The summed E-state index contributed by atoms with van der Waals surface area (Å²) in [5, 5.41) is 9.23. The number of carboxylic acids is 1. The smallest absolute Gasteiger partial charge is 0.312 e. The molecule has 5 nitrogen and oxygen atoms in total. The number of rotatable bonds is 4. The van der Waals surface area contributed by atoms with E-state index in [9.17, 15) is 14.7 Å². The Morgan fingerprint density at radius 3 is 2.79 bits per heavy atom. The number of aliphatic carboxylic acids is 1. The summed E-state index contributed by atoms with van der Waals surface area (Å²) in [6.45, 7) is 2.13. The molecule has 2 unspecified atom stereocenters. The molecule has 5 heteroatoms. The first-order valence-electron chi connectivity index (χ1n) is 6.45. The van der Waals surface area contributed by atoms with Crippen LogP contribution in [0.15, 0.2) is 24.3 Å². The van der Waals surface area contributed by atoms with Gasteiger partial charge in [-0.25, -0.2) is 0 Å². The van der Waals surface area contributed by atoms with Crippen molar-refractivity contribution in [2.75, 3.05) is 11.4 Å². The summed E-state index contributed by atoms with van der Waals surface area (Å²) in [5.74, 6) is -1.76. The zero-order chi connectivity index (χ0) is 14.0. The number of amides is 1. The number of benzene rings is 1. The predicted octanol–water partition coefficient (Wildman–Crippen LogP) is 1.33. The third-order valence-electron chi connectivity index (χ3n) is 3.45. The lowest BCUT2D eigenvalue weighted by molar-refractivity contribution is -0.138. The summed E-state index contributed by atoms with van der Waals surface area (Å²) < 4.78 is 0. The molecule has 0 spiro atoms. The van der Waals surface area contributed by atoms with Gasteiger partial charge in [0.15, 0.2) is 0 Å². The SMILES string of the molecule is CCCC(N)C(=O)N1CC(C(=O)O)c2ccccc21. The minimum absolute atomic E-state index is 0.172. The monoisotopic (exact) mass is 262 g/mol. The van der Waals surface area contributed by atoms with Gasteiger partial charge in [-0.1, -0.05) is 31.5 Å². The Bertz CT molecular complexity index is 501. The fourth-order valence-corrected chi connectivity index (χ4v) is 2.46. The summed E-state index contributed by atoms with van der Waals surface area (Å²) >= 11 is 0. The number of nitrogens with two attached hydrogens (primary N) is 1. The highest BCUT2D eigenvalue weighted by Gasteiger charge is 2.37. The number of carboxylic acid groups (broad SMARTS) is 1. The zero-order valence-electron chi connectivity index (χ0n) is 10.9. The van der Waals surface area contributed by atoms with Gasteiger partial charge in [-0.2, -0.15) is 0 Å². The average molecular weight is 262 g/mol. The Morgan fingerprint density at radius 1 is 1.47 bits per heavy atom. The molecule has 2 atom stereocenters. The van der Waals surface area contributed by atoms with Crippen molar-refractivity contribution in [2.45, 2.75) is 31.7 Å². The number of anilines is 1. The minimum atomic E-state index is -0.910. The number of nitrogens with zero attached hydrogens (tertiary/aromatic N) is 1. The largest absolute Gasteiger partial charge is 0.481 e. The second-order valence-corrected chi connectivity index (χ2v) is 4.79. The van der Waals surface area contributed by atoms with Crippen LogP contribution in [0.25, 0.3) is 0 Å². The molecule has 19 heavy (non-hydrogen) atoms. The first kappa shape index (κ1) is 13.5. The van der Waals surface area contributed by atoms with Gasteiger partial charge in [0.05, 0.1) is 6.04 Å². The number of carbonyl (C=O) groups excluding carboxylic acids is 1. The quantitative estimate of drug-likeness (QED) is 0.857. The van der Waals surface area contributed by atoms with Crippen molar-refractivity contribution in [3.63, 3.8) is 0 Å². The lowest BCUT2D eigenvalue weighted by Crippen LogP contribution is -2.43. The summed E-state index contributed by atoms with van der Waals surface area (Å²) in [6.07, 6.45) is 1.43. The molecule has 1 aliphatic rings. The maximum atomic E-state index is 12.3. The zero-order valence-corrected chi connectivity index (χ0v) is 10.9. The molecule has 2 rings (SSSR count). The molecule has 0 bridgehead atoms. The molecule has 3 N–H and O–H groups in total. The van der Waals surface area contributed by atoms with Gasteiger partial charge in [-0.05, 0) is 18.1 Å². The molecule has 1 aromatic carbocycles. The molecular weight excluding hydrogens is 244 g/mol. The second-order valence-electron chi connectivity index (χ2n) is 4.79. The van der Waals surface area contributed by atoms with Crippen LogP contribution in [0, 0.1) is 0 Å². The summed E-state index contributed by atoms with van der Waals surface area (Å²) in [4.78, 5) is 25.0. The van der Waals surface area contributed by atoms with Crippen LogP contribution >= 0.6 is 0 Å². The average Bonchev–Trinajstić information content (AvgIpc) is 2.78. The fourth-order valence-electron chi connectivity index (χ4n) is 2.46. The van der Waals surface area contributed by atoms with E-state index >= 15 is 0 Å². The summed E-state index contributed by atoms with van der Waals surface area (Å²) in [6, 6.07) is 6.55. The van der Waals surface area contributed by atoms with E-state index in [4.69, 9.17) is 5.73 Å². The third kappa shape index (κ3) is 2.46. The molecule has 1 heterocycles. The minimum Gasteiger partial charge on any atom is -0.481 e. The van der Waals surface area contributed by atoms with Gasteiger partial charge in [0.2, 0.25) is 5.91 Å². The van der Waals surface area contributed by atoms with E-state index < -0.39 is 17.9 Å². The van der Waals surface area contributed by atoms with Crippen molar-refractivity contribution in [1.29, 1.82) is 0 Å². The van der Waals surface area contributed by atoms with Crippen LogP contribution in [0.3, 0.4) is 0 Å². The first-order chi connectivity index (χ1) is 9.06. The van der Waals surface area contributed by atoms with Crippen LogP contribution in [0.1, 0.15) is 31.2 Å². The standard InChI is InChI=1S/C14H18N2O3/c1-2-5-11(15)13(17)16-8-10(14(18)19)9-6-3-4-7-12(9)16/h3-4,6-7,10-11H,2,5,8,15H2,1H3,(H,18,19). The van der Waals surface area contributed by atoms with Gasteiger partial charge in [-0.15, -0.1) is 0 Å². The molecule has 0 saturated heterocycles. The molecule has 102 valence electrons. The summed E-state index contributed by atoms with van der Waals surface area (Å²) in [7, 11) is 0. The number of hydrogen-bond acceptors (Lipinski definition) is 3.